The summed E-state index contributed by atoms with van der Waals surface area (Å²) >= 11 is 0. The second-order valence-electron chi connectivity index (χ2n) is 14.5. The number of pyridine rings is 3. The van der Waals surface area contributed by atoms with Crippen molar-refractivity contribution in [1.29, 1.82) is 0 Å². The van der Waals surface area contributed by atoms with E-state index in [0.29, 0.717) is 39.5 Å². The van der Waals surface area contributed by atoms with Gasteiger partial charge in [0.25, 0.3) is 0 Å². The fourth-order valence-corrected chi connectivity index (χ4v) is 8.26. The van der Waals surface area contributed by atoms with Gasteiger partial charge in [0, 0.05) is 45.5 Å². The Morgan fingerprint density at radius 1 is 0.500 bits per heavy atom. The molecule has 11 nitrogen and oxygen atoms in total. The molecule has 11 heteroatoms. The summed E-state index contributed by atoms with van der Waals surface area (Å²) in [7, 11) is 0. The number of nitrogens with one attached hydrogen (secondary N) is 2. The van der Waals surface area contributed by atoms with E-state index in [-0.39, 0.29) is 6.04 Å². The van der Waals surface area contributed by atoms with Crippen molar-refractivity contribution in [3.8, 4) is 0 Å². The average Bonchev–Trinajstić information content (AvgIpc) is 4.04. The zero-order chi connectivity index (χ0) is 36.5. The molecular formula is C45H25N11. The molecule has 2 N–H and O–H groups in total. The van der Waals surface area contributed by atoms with E-state index in [1.807, 2.05) is 85.1 Å². The Morgan fingerprint density at radius 3 is 2.02 bits per heavy atom. The van der Waals surface area contributed by atoms with E-state index in [9.17, 15) is 0 Å². The molecule has 1 unspecified atom stereocenters. The fourth-order valence-electron chi connectivity index (χ4n) is 8.26. The maximum absolute atomic E-state index is 5.44. The van der Waals surface area contributed by atoms with Crippen molar-refractivity contribution in [3.63, 3.8) is 0 Å². The first-order valence-corrected chi connectivity index (χ1v) is 18.5. The molecule has 260 valence electrons. The summed E-state index contributed by atoms with van der Waals surface area (Å²) < 4.78 is 0. The molecule has 4 aliphatic rings. The highest BCUT2D eigenvalue weighted by Gasteiger charge is 2.22. The summed E-state index contributed by atoms with van der Waals surface area (Å²) in [5.41, 5.74) is 15.8. The lowest BCUT2D eigenvalue weighted by molar-refractivity contribution is 0.692. The second-order valence-corrected chi connectivity index (χ2v) is 14.5. The largest absolute Gasteiger partial charge is 0.378 e. The van der Waals surface area contributed by atoms with Crippen molar-refractivity contribution < 1.29 is 0 Å². The van der Waals surface area contributed by atoms with Crippen LogP contribution in [0.15, 0.2) is 120 Å². The Morgan fingerprint density at radius 2 is 1.18 bits per heavy atom. The molecule has 1 atom stereocenters. The average molecular weight is 720 g/mol. The molecule has 0 saturated heterocycles. The molecule has 0 saturated carbocycles. The number of benzene rings is 2. The molecule has 9 aromatic rings. The van der Waals surface area contributed by atoms with Crippen LogP contribution in [0.3, 0.4) is 0 Å². The molecule has 0 fully saturated rings. The number of H-pyrrole nitrogens is 1. The monoisotopic (exact) mass is 719 g/mol. The molecule has 0 aliphatic carbocycles. The third-order valence-electron chi connectivity index (χ3n) is 10.8. The number of hydrogen-bond donors (Lipinski definition) is 2. The second kappa shape index (κ2) is 10.9. The molecule has 7 aromatic heterocycles. The van der Waals surface area contributed by atoms with Gasteiger partial charge in [-0.05, 0) is 109 Å². The van der Waals surface area contributed by atoms with E-state index in [1.165, 1.54) is 0 Å². The van der Waals surface area contributed by atoms with Gasteiger partial charge in [-0.2, -0.15) is 0 Å². The van der Waals surface area contributed by atoms with Crippen molar-refractivity contribution >= 4 is 112 Å². The molecule has 13 rings (SSSR count). The van der Waals surface area contributed by atoms with E-state index in [2.05, 4.69) is 46.7 Å². The van der Waals surface area contributed by atoms with Gasteiger partial charge in [-0.15, -0.1) is 0 Å². The topological polar surface area (TPSA) is 143 Å². The smallest absolute Gasteiger partial charge is 0.119 e. The highest BCUT2D eigenvalue weighted by Crippen LogP contribution is 2.37. The Labute approximate surface area is 316 Å². The zero-order valence-electron chi connectivity index (χ0n) is 29.4. The van der Waals surface area contributed by atoms with E-state index in [0.717, 1.165) is 94.7 Å². The molecular weight excluding hydrogens is 695 g/mol. The van der Waals surface area contributed by atoms with Crippen molar-refractivity contribution in [2.24, 2.45) is 4.99 Å². The Hall–Kier alpha value is -7.79. The van der Waals surface area contributed by atoms with Crippen LogP contribution in [-0.2, 0) is 6.42 Å². The van der Waals surface area contributed by atoms with Crippen LogP contribution in [0, 0.1) is 0 Å². The summed E-state index contributed by atoms with van der Waals surface area (Å²) in [6.45, 7) is 0. The molecule has 0 amide bonds. The standard InChI is InChI=1S/C45H25N11/c1-4-26-17-30-9-12-34-37(51-30)38-35(13-10-31(52-38)18-27-5-2-23(48-27)15-22(1)47-26)40-39(34)55-42-36-14-11-32-19-28-6-3-24(49-28)16-25-7-8-29(50-25)20-33-21-46-43(45(42)56-40)44(54-33)41(36)53-32/h1-19,21,29,47,50H,20H2/b22-15?,23-15?,25-16-,26-17?,27-18?,28-19?,30-17?,31-18?. The normalized spacial score (nSPS) is 17.5. The summed E-state index contributed by atoms with van der Waals surface area (Å²) in [4.78, 5) is 49.9. The molecule has 2 aromatic carbocycles. The number of aliphatic imine (C=N–C) groups is 1. The third kappa shape index (κ3) is 4.54. The number of nitrogens with zero attached hydrogens (tertiary/aromatic N) is 9. The summed E-state index contributed by atoms with van der Waals surface area (Å²) in [6.07, 6.45) is 18.9. The highest BCUT2D eigenvalue weighted by atomic mass is 15.0. The first-order valence-electron chi connectivity index (χ1n) is 18.5. The maximum atomic E-state index is 5.44. The molecule has 56 heavy (non-hydrogen) atoms. The molecule has 11 heterocycles. The lowest BCUT2D eigenvalue weighted by Gasteiger charge is -2.14. The Kier molecular flexibility index (Phi) is 5.76. The fraction of sp³-hybridized carbons (Fsp3) is 0.0444. The van der Waals surface area contributed by atoms with Gasteiger partial charge in [-0.3, -0.25) is 4.98 Å². The maximum Gasteiger partial charge on any atom is 0.119 e. The quantitative estimate of drug-likeness (QED) is 0.117. The van der Waals surface area contributed by atoms with Gasteiger partial charge in [0.2, 0.25) is 0 Å². The van der Waals surface area contributed by atoms with Crippen LogP contribution in [-0.4, -0.2) is 56.6 Å². The lowest BCUT2D eigenvalue weighted by atomic mass is 10.0. The minimum absolute atomic E-state index is 0.0713. The van der Waals surface area contributed by atoms with Gasteiger partial charge in [0.1, 0.15) is 27.6 Å². The van der Waals surface area contributed by atoms with E-state index in [4.69, 9.17) is 44.9 Å². The summed E-state index contributed by atoms with van der Waals surface area (Å²) in [5, 5.41) is 6.12. The summed E-state index contributed by atoms with van der Waals surface area (Å²) in [6, 6.07) is 22.5. The first kappa shape index (κ1) is 29.6. The number of rotatable bonds is 0. The van der Waals surface area contributed by atoms with Crippen LogP contribution in [0.25, 0.3) is 106 Å². The van der Waals surface area contributed by atoms with Gasteiger partial charge in [0.15, 0.2) is 0 Å². The van der Waals surface area contributed by atoms with Crippen LogP contribution in [0.4, 0.5) is 0 Å². The number of hydrogen-bond acceptors (Lipinski definition) is 10. The van der Waals surface area contributed by atoms with Gasteiger partial charge in [-0.1, -0.05) is 6.08 Å². The van der Waals surface area contributed by atoms with Crippen molar-refractivity contribution in [2.75, 3.05) is 0 Å². The number of allylic oxidation sites excluding steroid dienone is 4. The summed E-state index contributed by atoms with van der Waals surface area (Å²) in [5.74, 6) is 0. The molecule has 16 bridgehead atoms. The SMILES string of the molecule is C1=CC2=NC1=Cc1ccc3c(n1)c1nc(cnc1c1nc4c5ccc6cc7nc(cc8ccc(cc9ccc(c(n9)c5n6)c4nc31)[nH]8)C=C7)CC1C=C/C(=C/2)N1. The Balaban J connectivity index is 1.14. The van der Waals surface area contributed by atoms with Crippen molar-refractivity contribution in [2.45, 2.75) is 12.5 Å². The van der Waals surface area contributed by atoms with E-state index >= 15 is 0 Å². The highest BCUT2D eigenvalue weighted by molar-refractivity contribution is 6.26. The predicted octanol–water partition coefficient (Wildman–Crippen LogP) is 8.33. The predicted molar refractivity (Wildman–Crippen MR) is 222 cm³/mol. The van der Waals surface area contributed by atoms with Gasteiger partial charge < -0.3 is 10.3 Å². The third-order valence-corrected chi connectivity index (χ3v) is 10.8. The van der Waals surface area contributed by atoms with Crippen molar-refractivity contribution in [1.82, 2.24) is 50.2 Å². The lowest BCUT2D eigenvalue weighted by Crippen LogP contribution is -2.24. The Bertz CT molecular complexity index is 3610. The van der Waals surface area contributed by atoms with E-state index < -0.39 is 0 Å². The van der Waals surface area contributed by atoms with Crippen LogP contribution in [0.5, 0.6) is 0 Å². The zero-order valence-corrected chi connectivity index (χ0v) is 29.4. The minimum atomic E-state index is 0.0713. The minimum Gasteiger partial charge on any atom is -0.378 e. The van der Waals surface area contributed by atoms with E-state index in [1.54, 1.807) is 0 Å². The number of aromatic amines is 1. The van der Waals surface area contributed by atoms with Crippen LogP contribution < -0.4 is 5.32 Å². The van der Waals surface area contributed by atoms with Gasteiger partial charge >= 0.3 is 0 Å². The molecule has 4 aliphatic heterocycles. The van der Waals surface area contributed by atoms with Gasteiger partial charge in [-0.25, -0.2) is 39.9 Å². The van der Waals surface area contributed by atoms with Crippen LogP contribution >= 0.6 is 0 Å². The van der Waals surface area contributed by atoms with Crippen LogP contribution in [0.2, 0.25) is 0 Å². The number of fused-ring (bicyclic) bond motifs is 17. The number of aromatic nitrogens is 9. The van der Waals surface area contributed by atoms with Crippen molar-refractivity contribution in [3.05, 3.63) is 137 Å². The molecule has 0 radical (unpaired) electrons. The van der Waals surface area contributed by atoms with Gasteiger partial charge in [0.05, 0.1) is 73.3 Å². The van der Waals surface area contributed by atoms with Crippen LogP contribution in [0.1, 0.15) is 22.8 Å². The first-order chi connectivity index (χ1) is 27.6. The molecule has 0 spiro atoms.